The van der Waals surface area contributed by atoms with Crippen molar-refractivity contribution in [1.82, 2.24) is 9.97 Å². The summed E-state index contributed by atoms with van der Waals surface area (Å²) in [7, 11) is 0. The first-order valence-corrected chi connectivity index (χ1v) is 6.07. The molecule has 0 amide bonds. The lowest BCUT2D eigenvalue weighted by Crippen LogP contribution is -2.04. The summed E-state index contributed by atoms with van der Waals surface area (Å²) in [6, 6.07) is 3.08. The number of benzene rings is 1. The van der Waals surface area contributed by atoms with E-state index in [1.807, 2.05) is 6.92 Å². The molecule has 19 heavy (non-hydrogen) atoms. The maximum Gasteiger partial charge on any atom is 0.223 e. The first-order chi connectivity index (χ1) is 9.04. The van der Waals surface area contributed by atoms with Crippen molar-refractivity contribution in [1.29, 1.82) is 0 Å². The van der Waals surface area contributed by atoms with Crippen LogP contribution in [0.3, 0.4) is 0 Å². The first-order valence-electron chi connectivity index (χ1n) is 6.07. The Labute approximate surface area is 110 Å². The van der Waals surface area contributed by atoms with E-state index >= 15 is 0 Å². The van der Waals surface area contributed by atoms with Gasteiger partial charge in [-0.1, -0.05) is 6.07 Å². The molecule has 0 aliphatic heterocycles. The Bertz CT molecular complexity index is 612. The molecule has 0 bridgehead atoms. The van der Waals surface area contributed by atoms with Crippen LogP contribution in [0.15, 0.2) is 18.3 Å². The van der Waals surface area contributed by atoms with Gasteiger partial charge in [-0.2, -0.15) is 0 Å². The highest BCUT2D eigenvalue weighted by Crippen LogP contribution is 2.27. The zero-order valence-electron chi connectivity index (χ0n) is 11.1. The SMILES string of the molecule is CCNc1ncc(C)c(-c2ccc(C)c(F)c2F)n1. The number of rotatable bonds is 3. The Hall–Kier alpha value is -2.04. The molecule has 0 saturated heterocycles. The summed E-state index contributed by atoms with van der Waals surface area (Å²) in [5.41, 5.74) is 1.54. The standard InChI is InChI=1S/C14H15F2N3/c1-4-17-14-18-7-9(3)13(19-14)10-6-5-8(2)11(15)12(10)16/h5-7H,4H2,1-3H3,(H,17,18,19). The molecule has 0 aliphatic rings. The van der Waals surface area contributed by atoms with Crippen molar-refractivity contribution >= 4 is 5.95 Å². The second-order valence-electron chi connectivity index (χ2n) is 4.31. The van der Waals surface area contributed by atoms with E-state index in [1.165, 1.54) is 6.92 Å². The number of aromatic nitrogens is 2. The molecule has 0 radical (unpaired) electrons. The van der Waals surface area contributed by atoms with Crippen LogP contribution in [0.1, 0.15) is 18.1 Å². The van der Waals surface area contributed by atoms with Gasteiger partial charge >= 0.3 is 0 Å². The number of hydrogen-bond acceptors (Lipinski definition) is 3. The third kappa shape index (κ3) is 2.54. The van der Waals surface area contributed by atoms with E-state index in [2.05, 4.69) is 15.3 Å². The average Bonchev–Trinajstić information content (AvgIpc) is 2.39. The minimum atomic E-state index is -0.871. The fourth-order valence-electron chi connectivity index (χ4n) is 1.79. The maximum atomic E-state index is 14.0. The highest BCUT2D eigenvalue weighted by Gasteiger charge is 2.16. The van der Waals surface area contributed by atoms with E-state index in [0.29, 0.717) is 23.8 Å². The highest BCUT2D eigenvalue weighted by atomic mass is 19.2. The molecule has 0 aliphatic carbocycles. The van der Waals surface area contributed by atoms with Gasteiger partial charge in [-0.05, 0) is 38.0 Å². The third-order valence-electron chi connectivity index (χ3n) is 2.84. The van der Waals surface area contributed by atoms with E-state index in [1.54, 1.807) is 25.3 Å². The molecule has 0 atom stereocenters. The number of nitrogens with zero attached hydrogens (tertiary/aromatic N) is 2. The molecule has 1 N–H and O–H groups in total. The summed E-state index contributed by atoms with van der Waals surface area (Å²) >= 11 is 0. The molecule has 1 heterocycles. The molecule has 0 saturated carbocycles. The predicted molar refractivity (Wildman–Crippen MR) is 71.0 cm³/mol. The smallest absolute Gasteiger partial charge is 0.223 e. The van der Waals surface area contributed by atoms with E-state index in [9.17, 15) is 8.78 Å². The Morgan fingerprint density at radius 3 is 2.53 bits per heavy atom. The van der Waals surface area contributed by atoms with Crippen LogP contribution in [0.4, 0.5) is 14.7 Å². The van der Waals surface area contributed by atoms with Gasteiger partial charge in [0.2, 0.25) is 5.95 Å². The predicted octanol–water partition coefficient (Wildman–Crippen LogP) is 3.47. The Morgan fingerprint density at radius 1 is 1.11 bits per heavy atom. The van der Waals surface area contributed by atoms with Crippen LogP contribution >= 0.6 is 0 Å². The van der Waals surface area contributed by atoms with Crippen LogP contribution in [-0.2, 0) is 0 Å². The van der Waals surface area contributed by atoms with Crippen molar-refractivity contribution < 1.29 is 8.78 Å². The topological polar surface area (TPSA) is 37.8 Å². The maximum absolute atomic E-state index is 14.0. The number of anilines is 1. The van der Waals surface area contributed by atoms with Crippen LogP contribution in [0.2, 0.25) is 0 Å². The minimum Gasteiger partial charge on any atom is -0.354 e. The lowest BCUT2D eigenvalue weighted by Gasteiger charge is -2.10. The first kappa shape index (κ1) is 13.4. The van der Waals surface area contributed by atoms with Crippen molar-refractivity contribution in [2.45, 2.75) is 20.8 Å². The molecule has 3 nitrogen and oxygen atoms in total. The van der Waals surface area contributed by atoms with Crippen LogP contribution in [0, 0.1) is 25.5 Å². The quantitative estimate of drug-likeness (QED) is 0.921. The van der Waals surface area contributed by atoms with Crippen molar-refractivity contribution in [3.63, 3.8) is 0 Å². The van der Waals surface area contributed by atoms with Crippen molar-refractivity contribution in [3.05, 3.63) is 41.1 Å². The molecular formula is C14H15F2N3. The van der Waals surface area contributed by atoms with Crippen molar-refractivity contribution in [3.8, 4) is 11.3 Å². The number of aryl methyl sites for hydroxylation is 2. The van der Waals surface area contributed by atoms with Gasteiger partial charge in [0.1, 0.15) is 0 Å². The summed E-state index contributed by atoms with van der Waals surface area (Å²) < 4.78 is 27.6. The van der Waals surface area contributed by atoms with Crippen LogP contribution in [-0.4, -0.2) is 16.5 Å². The van der Waals surface area contributed by atoms with E-state index in [0.717, 1.165) is 0 Å². The molecule has 1 aromatic heterocycles. The summed E-state index contributed by atoms with van der Waals surface area (Å²) in [5.74, 6) is -1.30. The summed E-state index contributed by atoms with van der Waals surface area (Å²) in [5, 5.41) is 2.95. The molecule has 100 valence electrons. The van der Waals surface area contributed by atoms with E-state index in [-0.39, 0.29) is 11.1 Å². The monoisotopic (exact) mass is 263 g/mol. The summed E-state index contributed by atoms with van der Waals surface area (Å²) in [6.07, 6.45) is 1.59. The molecule has 0 unspecified atom stereocenters. The molecule has 0 fully saturated rings. The van der Waals surface area contributed by atoms with Gasteiger partial charge in [-0.25, -0.2) is 18.7 Å². The average molecular weight is 263 g/mol. The lowest BCUT2D eigenvalue weighted by atomic mass is 10.0. The minimum absolute atomic E-state index is 0.155. The summed E-state index contributed by atoms with van der Waals surface area (Å²) in [6.45, 7) is 5.86. The number of hydrogen-bond donors (Lipinski definition) is 1. The second kappa shape index (κ2) is 5.30. The zero-order chi connectivity index (χ0) is 14.0. The Kier molecular flexibility index (Phi) is 3.74. The van der Waals surface area contributed by atoms with Gasteiger partial charge in [0.15, 0.2) is 11.6 Å². The zero-order valence-corrected chi connectivity index (χ0v) is 11.1. The fourth-order valence-corrected chi connectivity index (χ4v) is 1.79. The van der Waals surface area contributed by atoms with Gasteiger partial charge in [-0.15, -0.1) is 0 Å². The highest BCUT2D eigenvalue weighted by molar-refractivity contribution is 5.65. The van der Waals surface area contributed by atoms with Gasteiger partial charge in [0, 0.05) is 18.3 Å². The van der Waals surface area contributed by atoms with Gasteiger partial charge in [0.05, 0.1) is 5.69 Å². The van der Waals surface area contributed by atoms with Crippen LogP contribution in [0.25, 0.3) is 11.3 Å². The van der Waals surface area contributed by atoms with Crippen molar-refractivity contribution in [2.75, 3.05) is 11.9 Å². The van der Waals surface area contributed by atoms with Crippen LogP contribution < -0.4 is 5.32 Å². The molecule has 0 spiro atoms. The Morgan fingerprint density at radius 2 is 1.84 bits per heavy atom. The van der Waals surface area contributed by atoms with E-state index in [4.69, 9.17) is 0 Å². The van der Waals surface area contributed by atoms with Gasteiger partial charge in [0.25, 0.3) is 0 Å². The lowest BCUT2D eigenvalue weighted by molar-refractivity contribution is 0.505. The third-order valence-corrected chi connectivity index (χ3v) is 2.84. The van der Waals surface area contributed by atoms with Gasteiger partial charge in [-0.3, -0.25) is 0 Å². The molecule has 1 aromatic carbocycles. The molecule has 5 heteroatoms. The molecular weight excluding hydrogens is 248 g/mol. The van der Waals surface area contributed by atoms with E-state index < -0.39 is 11.6 Å². The number of nitrogens with one attached hydrogen (secondary N) is 1. The van der Waals surface area contributed by atoms with Crippen molar-refractivity contribution in [2.24, 2.45) is 0 Å². The summed E-state index contributed by atoms with van der Waals surface area (Å²) in [4.78, 5) is 8.32. The normalized spacial score (nSPS) is 10.6. The number of halogens is 2. The molecule has 2 rings (SSSR count). The largest absolute Gasteiger partial charge is 0.354 e. The molecule has 2 aromatic rings. The second-order valence-corrected chi connectivity index (χ2v) is 4.31. The van der Waals surface area contributed by atoms with Gasteiger partial charge < -0.3 is 5.32 Å². The van der Waals surface area contributed by atoms with Crippen LogP contribution in [0.5, 0.6) is 0 Å². The fraction of sp³-hybridized carbons (Fsp3) is 0.286. The Balaban J connectivity index is 2.58.